The fourth-order valence-electron chi connectivity index (χ4n) is 4.04. The SMILES string of the molecule is ClNCCCCCC[PH](c1ccccc1)(c1ccccc1)c1ccccc1. The van der Waals surface area contributed by atoms with Gasteiger partial charge in [0.05, 0.1) is 0 Å². The summed E-state index contributed by atoms with van der Waals surface area (Å²) in [5.74, 6) is 0. The minimum atomic E-state index is -2.03. The van der Waals surface area contributed by atoms with Crippen LogP contribution >= 0.6 is 19.0 Å². The van der Waals surface area contributed by atoms with Crippen molar-refractivity contribution in [2.45, 2.75) is 25.7 Å². The summed E-state index contributed by atoms with van der Waals surface area (Å²) in [6.45, 7) is 0.889. The molecule has 0 radical (unpaired) electrons. The van der Waals surface area contributed by atoms with E-state index in [-0.39, 0.29) is 0 Å². The summed E-state index contributed by atoms with van der Waals surface area (Å²) < 4.78 is 0. The van der Waals surface area contributed by atoms with Crippen LogP contribution in [0.2, 0.25) is 0 Å². The molecule has 0 fully saturated rings. The first-order valence-electron chi connectivity index (χ1n) is 9.88. The van der Waals surface area contributed by atoms with E-state index in [9.17, 15) is 0 Å². The van der Waals surface area contributed by atoms with Crippen LogP contribution in [0, 0.1) is 0 Å². The maximum atomic E-state index is 5.58. The molecule has 0 heterocycles. The van der Waals surface area contributed by atoms with Crippen molar-refractivity contribution in [3.8, 4) is 0 Å². The molecule has 0 aliphatic rings. The molecule has 0 atom stereocenters. The first-order chi connectivity index (χ1) is 13.4. The molecule has 0 aliphatic heterocycles. The average Bonchev–Trinajstić information content (AvgIpc) is 2.75. The van der Waals surface area contributed by atoms with E-state index in [0.29, 0.717) is 0 Å². The quantitative estimate of drug-likeness (QED) is 0.288. The Morgan fingerprint density at radius 3 is 1.37 bits per heavy atom. The van der Waals surface area contributed by atoms with Gasteiger partial charge in [0, 0.05) is 0 Å². The first kappa shape index (κ1) is 20.1. The van der Waals surface area contributed by atoms with Gasteiger partial charge in [-0.1, -0.05) is 0 Å². The second-order valence-electron chi connectivity index (χ2n) is 7.05. The van der Waals surface area contributed by atoms with Crippen LogP contribution in [0.1, 0.15) is 25.7 Å². The minimum absolute atomic E-state index is 0.889. The fraction of sp³-hybridized carbons (Fsp3) is 0.250. The molecule has 27 heavy (non-hydrogen) atoms. The number of hydrogen-bond donors (Lipinski definition) is 1. The Labute approximate surface area is 169 Å². The zero-order chi connectivity index (χ0) is 18.8. The van der Waals surface area contributed by atoms with Gasteiger partial charge in [-0.05, 0) is 0 Å². The topological polar surface area (TPSA) is 12.0 Å². The van der Waals surface area contributed by atoms with Crippen molar-refractivity contribution in [3.63, 3.8) is 0 Å². The molecule has 0 saturated heterocycles. The first-order valence-corrected chi connectivity index (χ1v) is 12.5. The zero-order valence-corrected chi connectivity index (χ0v) is 17.5. The third kappa shape index (κ3) is 4.99. The summed E-state index contributed by atoms with van der Waals surface area (Å²) in [6, 6.07) is 33.5. The van der Waals surface area contributed by atoms with E-state index in [0.717, 1.165) is 13.0 Å². The number of rotatable bonds is 10. The molecule has 0 amide bonds. The number of hydrogen-bond acceptors (Lipinski definition) is 1. The van der Waals surface area contributed by atoms with Gasteiger partial charge in [0.15, 0.2) is 0 Å². The number of halogens is 1. The van der Waals surface area contributed by atoms with Gasteiger partial charge in [0.1, 0.15) is 0 Å². The Hall–Kier alpha value is -1.66. The van der Waals surface area contributed by atoms with Crippen molar-refractivity contribution in [2.75, 3.05) is 12.7 Å². The zero-order valence-electron chi connectivity index (χ0n) is 15.8. The van der Waals surface area contributed by atoms with Gasteiger partial charge in [-0.15, -0.1) is 0 Å². The van der Waals surface area contributed by atoms with Crippen LogP contribution in [-0.2, 0) is 0 Å². The summed E-state index contributed by atoms with van der Waals surface area (Å²) in [7, 11) is -2.03. The van der Waals surface area contributed by atoms with E-state index >= 15 is 0 Å². The normalized spacial score (nSPS) is 12.0. The van der Waals surface area contributed by atoms with E-state index in [1.807, 2.05) is 0 Å². The van der Waals surface area contributed by atoms with Crippen LogP contribution in [0.3, 0.4) is 0 Å². The van der Waals surface area contributed by atoms with E-state index in [1.54, 1.807) is 0 Å². The van der Waals surface area contributed by atoms with Gasteiger partial charge >= 0.3 is 169 Å². The van der Waals surface area contributed by atoms with Crippen molar-refractivity contribution in [1.82, 2.24) is 4.84 Å². The van der Waals surface area contributed by atoms with Crippen LogP contribution in [0.4, 0.5) is 0 Å². The van der Waals surface area contributed by atoms with E-state index in [4.69, 9.17) is 11.8 Å². The maximum absolute atomic E-state index is 5.58. The van der Waals surface area contributed by atoms with Crippen molar-refractivity contribution >= 4 is 35.0 Å². The summed E-state index contributed by atoms with van der Waals surface area (Å²) in [5.41, 5.74) is 0. The van der Waals surface area contributed by atoms with Crippen LogP contribution < -0.4 is 20.7 Å². The third-order valence-corrected chi connectivity index (χ3v) is 10.6. The monoisotopic (exact) mass is 397 g/mol. The Kier molecular flexibility index (Phi) is 7.90. The van der Waals surface area contributed by atoms with Crippen molar-refractivity contribution in [1.29, 1.82) is 0 Å². The van der Waals surface area contributed by atoms with Crippen LogP contribution in [0.25, 0.3) is 0 Å². The van der Waals surface area contributed by atoms with Gasteiger partial charge in [0.2, 0.25) is 0 Å². The summed E-state index contributed by atoms with van der Waals surface area (Å²) in [5, 5.41) is 4.51. The summed E-state index contributed by atoms with van der Waals surface area (Å²) in [6.07, 6.45) is 6.09. The molecular weight excluding hydrogens is 369 g/mol. The Morgan fingerprint density at radius 1 is 0.556 bits per heavy atom. The molecular formula is C24H29ClNP. The molecule has 142 valence electrons. The number of unbranched alkanes of at least 4 members (excludes halogenated alkanes) is 3. The second kappa shape index (κ2) is 10.6. The molecule has 0 aliphatic carbocycles. The molecule has 3 aromatic carbocycles. The van der Waals surface area contributed by atoms with Crippen LogP contribution in [0.15, 0.2) is 91.0 Å². The molecule has 0 aromatic heterocycles. The number of benzene rings is 3. The van der Waals surface area contributed by atoms with E-state index in [2.05, 4.69) is 95.8 Å². The summed E-state index contributed by atoms with van der Waals surface area (Å²) >= 11 is 5.58. The number of nitrogens with one attached hydrogen (secondary N) is 1. The average molecular weight is 398 g/mol. The standard InChI is InChI=1S/C24H29ClNP/c25-26-20-12-1-2-13-21-27(22-14-6-3-7-15-22,23-16-8-4-9-17-23)24-18-10-5-11-19-24/h3-11,14-19,26-27H,1-2,12-13,20-21H2. The molecule has 3 heteroatoms. The van der Waals surface area contributed by atoms with Crippen LogP contribution in [0.5, 0.6) is 0 Å². The van der Waals surface area contributed by atoms with Gasteiger partial charge in [-0.25, -0.2) is 0 Å². The molecule has 1 N–H and O–H groups in total. The van der Waals surface area contributed by atoms with E-state index in [1.165, 1.54) is 41.3 Å². The molecule has 0 bridgehead atoms. The van der Waals surface area contributed by atoms with E-state index < -0.39 is 7.26 Å². The van der Waals surface area contributed by atoms with Gasteiger partial charge in [-0.3, -0.25) is 0 Å². The predicted molar refractivity (Wildman–Crippen MR) is 124 cm³/mol. The Morgan fingerprint density at radius 2 is 0.963 bits per heavy atom. The molecule has 0 unspecified atom stereocenters. The van der Waals surface area contributed by atoms with Gasteiger partial charge in [0.25, 0.3) is 0 Å². The van der Waals surface area contributed by atoms with Crippen molar-refractivity contribution < 1.29 is 0 Å². The van der Waals surface area contributed by atoms with Gasteiger partial charge in [-0.2, -0.15) is 0 Å². The molecule has 1 nitrogen and oxygen atoms in total. The Balaban J connectivity index is 1.98. The van der Waals surface area contributed by atoms with Crippen molar-refractivity contribution in [2.24, 2.45) is 0 Å². The fourth-order valence-corrected chi connectivity index (χ4v) is 9.10. The predicted octanol–water partition coefficient (Wildman–Crippen LogP) is 5.02. The molecule has 3 rings (SSSR count). The van der Waals surface area contributed by atoms with Gasteiger partial charge < -0.3 is 0 Å². The molecule has 0 saturated carbocycles. The Bertz CT molecular complexity index is 681. The van der Waals surface area contributed by atoms with Crippen LogP contribution in [-0.4, -0.2) is 12.7 Å². The summed E-state index contributed by atoms with van der Waals surface area (Å²) in [4.78, 5) is 2.73. The van der Waals surface area contributed by atoms with Crippen molar-refractivity contribution in [3.05, 3.63) is 91.0 Å². The molecule has 0 spiro atoms. The third-order valence-electron chi connectivity index (χ3n) is 5.37. The molecule has 3 aromatic rings. The second-order valence-corrected chi connectivity index (χ2v) is 11.4.